The molecule has 0 bridgehead atoms. The second-order valence-electron chi connectivity index (χ2n) is 4.67. The van der Waals surface area contributed by atoms with Gasteiger partial charge >= 0.3 is 0 Å². The van der Waals surface area contributed by atoms with Crippen molar-refractivity contribution >= 4 is 5.78 Å². The molecule has 2 aromatic rings. The minimum atomic E-state index is -0.414. The minimum Gasteiger partial charge on any atom is -0.295 e. The van der Waals surface area contributed by atoms with Crippen LogP contribution < -0.4 is 0 Å². The number of carbonyl (C=O) groups excluding carboxylic acids is 1. The van der Waals surface area contributed by atoms with Gasteiger partial charge in [-0.05, 0) is 67.8 Å². The molecule has 0 saturated heterocycles. The Balaban J connectivity index is 2.71. The fourth-order valence-electron chi connectivity index (χ4n) is 2.27. The van der Waals surface area contributed by atoms with E-state index in [9.17, 15) is 13.6 Å². The third-order valence-electron chi connectivity index (χ3n) is 3.14. The van der Waals surface area contributed by atoms with Crippen LogP contribution in [0.25, 0.3) is 11.1 Å². The number of hydrogen-bond acceptors (Lipinski definition) is 1. The third kappa shape index (κ3) is 2.55. The van der Waals surface area contributed by atoms with E-state index < -0.39 is 5.82 Å². The van der Waals surface area contributed by atoms with E-state index in [-0.39, 0.29) is 11.6 Å². The fraction of sp³-hybridized carbons (Fsp3) is 0.188. The van der Waals surface area contributed by atoms with Crippen LogP contribution in [-0.2, 0) is 0 Å². The molecule has 0 unspecified atom stereocenters. The Morgan fingerprint density at radius 3 is 2.11 bits per heavy atom. The van der Waals surface area contributed by atoms with Crippen molar-refractivity contribution in [3.63, 3.8) is 0 Å². The molecule has 0 saturated carbocycles. The second kappa shape index (κ2) is 4.92. The maximum Gasteiger partial charge on any atom is 0.159 e. The fourth-order valence-corrected chi connectivity index (χ4v) is 2.27. The molecule has 1 nitrogen and oxygen atoms in total. The van der Waals surface area contributed by atoms with Gasteiger partial charge in [0.1, 0.15) is 11.6 Å². The standard InChI is InChI=1S/C16H14F2O/c1-9-6-13(17)7-10(2)16(9)14-8-12(11(3)19)4-5-15(14)18/h4-8H,1-3H3. The van der Waals surface area contributed by atoms with Crippen molar-refractivity contribution in [2.45, 2.75) is 20.8 Å². The van der Waals surface area contributed by atoms with Gasteiger partial charge in [0.15, 0.2) is 5.78 Å². The van der Waals surface area contributed by atoms with E-state index in [1.807, 2.05) is 0 Å². The van der Waals surface area contributed by atoms with Gasteiger partial charge in [0.25, 0.3) is 0 Å². The molecule has 0 spiro atoms. The quantitative estimate of drug-likeness (QED) is 0.729. The van der Waals surface area contributed by atoms with Crippen molar-refractivity contribution in [3.8, 4) is 11.1 Å². The summed E-state index contributed by atoms with van der Waals surface area (Å²) in [6, 6.07) is 6.97. The number of hydrogen-bond donors (Lipinski definition) is 0. The van der Waals surface area contributed by atoms with E-state index in [1.165, 1.54) is 37.3 Å². The zero-order valence-electron chi connectivity index (χ0n) is 11.1. The Kier molecular flexibility index (Phi) is 3.47. The lowest BCUT2D eigenvalue weighted by Gasteiger charge is -2.12. The van der Waals surface area contributed by atoms with Crippen LogP contribution in [0.15, 0.2) is 30.3 Å². The highest BCUT2D eigenvalue weighted by molar-refractivity contribution is 5.95. The van der Waals surface area contributed by atoms with Crippen LogP contribution in [0.4, 0.5) is 8.78 Å². The van der Waals surface area contributed by atoms with Gasteiger partial charge in [-0.25, -0.2) is 8.78 Å². The molecular weight excluding hydrogens is 246 g/mol. The smallest absolute Gasteiger partial charge is 0.159 e. The molecule has 0 heterocycles. The van der Waals surface area contributed by atoms with Crippen LogP contribution >= 0.6 is 0 Å². The van der Waals surface area contributed by atoms with Gasteiger partial charge in [0.05, 0.1) is 0 Å². The summed E-state index contributed by atoms with van der Waals surface area (Å²) >= 11 is 0. The Morgan fingerprint density at radius 1 is 1.00 bits per heavy atom. The molecule has 0 fully saturated rings. The highest BCUT2D eigenvalue weighted by atomic mass is 19.1. The number of halogens is 2. The Labute approximate surface area is 110 Å². The van der Waals surface area contributed by atoms with Crippen molar-refractivity contribution in [2.75, 3.05) is 0 Å². The average molecular weight is 260 g/mol. The molecule has 0 aliphatic heterocycles. The van der Waals surface area contributed by atoms with E-state index in [0.717, 1.165) is 0 Å². The van der Waals surface area contributed by atoms with E-state index in [1.54, 1.807) is 13.8 Å². The highest BCUT2D eigenvalue weighted by Crippen LogP contribution is 2.31. The minimum absolute atomic E-state index is 0.126. The Hall–Kier alpha value is -2.03. The highest BCUT2D eigenvalue weighted by Gasteiger charge is 2.13. The molecule has 0 N–H and O–H groups in total. The molecule has 2 aromatic carbocycles. The summed E-state index contributed by atoms with van der Waals surface area (Å²) in [5, 5.41) is 0. The molecule has 0 aromatic heterocycles. The summed E-state index contributed by atoms with van der Waals surface area (Å²) in [5.41, 5.74) is 2.72. The van der Waals surface area contributed by atoms with Crippen LogP contribution in [0.1, 0.15) is 28.4 Å². The number of aryl methyl sites for hydroxylation is 2. The predicted molar refractivity (Wildman–Crippen MR) is 71.3 cm³/mol. The van der Waals surface area contributed by atoms with E-state index in [4.69, 9.17) is 0 Å². The molecule has 0 amide bonds. The van der Waals surface area contributed by atoms with Gasteiger partial charge < -0.3 is 0 Å². The second-order valence-corrected chi connectivity index (χ2v) is 4.67. The van der Waals surface area contributed by atoms with Crippen molar-refractivity contribution in [3.05, 3.63) is 58.7 Å². The summed E-state index contributed by atoms with van der Waals surface area (Å²) in [7, 11) is 0. The number of Topliss-reactive ketones (excluding diaryl/α,β-unsaturated/α-hetero) is 1. The SMILES string of the molecule is CC(=O)c1ccc(F)c(-c2c(C)cc(F)cc2C)c1. The van der Waals surface area contributed by atoms with Gasteiger partial charge in [-0.2, -0.15) is 0 Å². The molecule has 0 radical (unpaired) electrons. The van der Waals surface area contributed by atoms with Gasteiger partial charge in [0.2, 0.25) is 0 Å². The lowest BCUT2D eigenvalue weighted by atomic mass is 9.93. The molecule has 0 aliphatic carbocycles. The van der Waals surface area contributed by atoms with Crippen molar-refractivity contribution < 1.29 is 13.6 Å². The van der Waals surface area contributed by atoms with Gasteiger partial charge in [-0.15, -0.1) is 0 Å². The zero-order valence-corrected chi connectivity index (χ0v) is 11.1. The lowest BCUT2D eigenvalue weighted by Crippen LogP contribution is -1.97. The topological polar surface area (TPSA) is 17.1 Å². The molecule has 19 heavy (non-hydrogen) atoms. The lowest BCUT2D eigenvalue weighted by molar-refractivity contribution is 0.101. The van der Waals surface area contributed by atoms with Crippen LogP contribution in [0.2, 0.25) is 0 Å². The number of ketones is 1. The summed E-state index contributed by atoms with van der Waals surface area (Å²) < 4.78 is 27.3. The van der Waals surface area contributed by atoms with Crippen molar-refractivity contribution in [1.82, 2.24) is 0 Å². The van der Waals surface area contributed by atoms with E-state index in [0.29, 0.717) is 27.8 Å². The van der Waals surface area contributed by atoms with Crippen molar-refractivity contribution in [1.29, 1.82) is 0 Å². The number of rotatable bonds is 2. The monoisotopic (exact) mass is 260 g/mol. The van der Waals surface area contributed by atoms with Crippen LogP contribution in [0, 0.1) is 25.5 Å². The average Bonchev–Trinajstić information content (AvgIpc) is 2.29. The summed E-state index contributed by atoms with van der Waals surface area (Å²) in [4.78, 5) is 11.4. The predicted octanol–water partition coefficient (Wildman–Crippen LogP) is 4.45. The summed E-state index contributed by atoms with van der Waals surface area (Å²) in [5.74, 6) is -0.886. The van der Waals surface area contributed by atoms with Crippen LogP contribution in [-0.4, -0.2) is 5.78 Å². The van der Waals surface area contributed by atoms with E-state index in [2.05, 4.69) is 0 Å². The molecule has 2 rings (SSSR count). The largest absolute Gasteiger partial charge is 0.295 e. The van der Waals surface area contributed by atoms with Gasteiger partial charge in [0, 0.05) is 11.1 Å². The van der Waals surface area contributed by atoms with Crippen LogP contribution in [0.3, 0.4) is 0 Å². The first kappa shape index (κ1) is 13.4. The van der Waals surface area contributed by atoms with Crippen molar-refractivity contribution in [2.24, 2.45) is 0 Å². The molecular formula is C16H14F2O. The number of carbonyl (C=O) groups is 1. The normalized spacial score (nSPS) is 10.6. The Morgan fingerprint density at radius 2 is 1.58 bits per heavy atom. The first-order valence-electron chi connectivity index (χ1n) is 5.97. The zero-order chi connectivity index (χ0) is 14.2. The maximum atomic E-state index is 14.0. The third-order valence-corrected chi connectivity index (χ3v) is 3.14. The first-order valence-corrected chi connectivity index (χ1v) is 5.97. The van der Waals surface area contributed by atoms with E-state index >= 15 is 0 Å². The Bertz CT molecular complexity index is 637. The first-order chi connectivity index (χ1) is 8.90. The summed E-state index contributed by atoms with van der Waals surface area (Å²) in [6.07, 6.45) is 0. The molecule has 0 aliphatic rings. The molecule has 0 atom stereocenters. The van der Waals surface area contributed by atoms with Gasteiger partial charge in [-0.1, -0.05) is 0 Å². The summed E-state index contributed by atoms with van der Waals surface area (Å²) in [6.45, 7) is 4.89. The number of benzene rings is 2. The maximum absolute atomic E-state index is 14.0. The van der Waals surface area contributed by atoms with Gasteiger partial charge in [-0.3, -0.25) is 4.79 Å². The molecule has 3 heteroatoms. The van der Waals surface area contributed by atoms with Crippen LogP contribution in [0.5, 0.6) is 0 Å². The molecule has 98 valence electrons.